The van der Waals surface area contributed by atoms with Crippen molar-refractivity contribution in [2.24, 2.45) is 0 Å². The molecule has 0 fully saturated rings. The van der Waals surface area contributed by atoms with Gasteiger partial charge >= 0.3 is 80.8 Å². The van der Waals surface area contributed by atoms with Gasteiger partial charge in [0.1, 0.15) is 0 Å². The molecule has 16 heteroatoms. The van der Waals surface area contributed by atoms with Crippen LogP contribution >= 0.6 is 0 Å². The molecule has 0 aromatic heterocycles. The largest absolute Gasteiger partial charge is 3.00 e. The van der Waals surface area contributed by atoms with Gasteiger partial charge < -0.3 is 42.2 Å². The van der Waals surface area contributed by atoms with Gasteiger partial charge in [-0.1, -0.05) is 0 Å². The molecule has 0 aliphatic carbocycles. The van der Waals surface area contributed by atoms with Crippen LogP contribution in [0.15, 0.2) is 0 Å². The van der Waals surface area contributed by atoms with Crippen molar-refractivity contribution in [2.45, 2.75) is 0 Å². The molecule has 0 aliphatic heterocycles. The summed E-state index contributed by atoms with van der Waals surface area (Å²) in [5, 5.41) is 0. The Labute approximate surface area is 149 Å². The van der Waals surface area contributed by atoms with Crippen LogP contribution in [0, 0.1) is 0 Å². The molecule has 0 aromatic carbocycles. The Morgan fingerprint density at radius 3 is 0.500 bits per heavy atom. The summed E-state index contributed by atoms with van der Waals surface area (Å²) in [7, 11) is -10.9. The molecule has 0 bridgehead atoms. The van der Waals surface area contributed by atoms with Crippen molar-refractivity contribution >= 4 is 108 Å². The van der Waals surface area contributed by atoms with Crippen molar-refractivity contribution in [1.29, 1.82) is 0 Å². The molecule has 0 radical (unpaired) electrons. The molecule has 0 aliphatic rings. The number of hydrogen-bond acceptors (Lipinski definition) is 9. The maximum Gasteiger partial charge on any atom is 3.00 e. The molecule has 9 nitrogen and oxygen atoms in total. The Morgan fingerprint density at radius 2 is 0.500 bits per heavy atom. The molecule has 0 aromatic rings. The van der Waals surface area contributed by atoms with Crippen molar-refractivity contribution in [2.75, 3.05) is 0 Å². The fourth-order valence-electron chi connectivity index (χ4n) is 0. The van der Waals surface area contributed by atoms with E-state index < -0.39 is 27.5 Å². The molecule has 0 heterocycles. The van der Waals surface area contributed by atoms with Crippen LogP contribution < -0.4 is 28.8 Å². The molecule has 0 unspecified atom stereocenters. The van der Waals surface area contributed by atoms with Crippen LogP contribution in [0.3, 0.4) is 0 Å². The van der Waals surface area contributed by atoms with Crippen LogP contribution in [0.4, 0.5) is 0 Å². The fourth-order valence-corrected chi connectivity index (χ4v) is 0. The smallest absolute Gasteiger partial charge is 0.672 e. The van der Waals surface area contributed by atoms with Gasteiger partial charge in [-0.15, -0.1) is 0 Å². The van der Waals surface area contributed by atoms with Gasteiger partial charge in [0.25, 0.3) is 0 Å². The van der Waals surface area contributed by atoms with E-state index in [4.69, 9.17) is 42.2 Å². The zero-order chi connectivity index (χ0) is 10.7. The van der Waals surface area contributed by atoms with Crippen molar-refractivity contribution in [3.63, 3.8) is 0 Å². The van der Waals surface area contributed by atoms with Crippen LogP contribution in [-0.4, -0.2) is 108 Å². The maximum absolute atomic E-state index is 8.52. The average Bonchev–Trinajstić information content (AvgIpc) is 1.54. The van der Waals surface area contributed by atoms with Crippen molar-refractivity contribution in [3.05, 3.63) is 0 Å². The molecule has 0 amide bonds. The molecule has 0 saturated heterocycles. The minimum absolute atomic E-state index is 0. The summed E-state index contributed by atoms with van der Waals surface area (Å²) < 4.78 is 25.6. The molecule has 0 atom stereocenters. The van der Waals surface area contributed by atoms with E-state index in [-0.39, 0.29) is 80.8 Å². The first-order valence-corrected chi connectivity index (χ1v) is 5.51. The van der Waals surface area contributed by atoms with E-state index in [1.54, 1.807) is 0 Å². The van der Waals surface area contributed by atoms with Gasteiger partial charge in [0.2, 0.25) is 0 Å². The van der Waals surface area contributed by atoms with E-state index in [1.165, 1.54) is 0 Å². The van der Waals surface area contributed by atoms with Crippen LogP contribution in [0.25, 0.3) is 0 Å². The second-order valence-corrected chi connectivity index (χ2v) is 2.25. The summed E-state index contributed by atoms with van der Waals surface area (Å²) >= 11 is 0. The van der Waals surface area contributed by atoms with Gasteiger partial charge in [0.15, 0.2) is 0 Å². The summed E-state index contributed by atoms with van der Waals surface area (Å²) in [6, 6.07) is 0. The van der Waals surface area contributed by atoms with Crippen LogP contribution in [0.1, 0.15) is 0 Å². The fraction of sp³-hybridized carbons (Fsp3) is 0. The SMILES string of the molecule is O=[Si]([O-])[O-].O=[Si]([O-])[O-].O=[Si]([O-])[O-].[Al+3].[Al+3].[MgH2].[MgH2]. The Kier molecular flexibility index (Phi) is 97.2. The molecular weight excluding hydrogens is 331 g/mol. The Hall–Kier alpha value is 1.45. The Bertz CT molecular complexity index is 124. The minimum atomic E-state index is -3.63. The first-order valence-electron chi connectivity index (χ1n) is 1.84. The maximum atomic E-state index is 8.52. The van der Waals surface area contributed by atoms with E-state index in [0.29, 0.717) is 0 Å². The number of rotatable bonds is 0. The predicted octanol–water partition coefficient (Wildman–Crippen LogP) is -11.2. The minimum Gasteiger partial charge on any atom is -0.672 e. The van der Waals surface area contributed by atoms with E-state index in [0.717, 1.165) is 0 Å². The van der Waals surface area contributed by atoms with Gasteiger partial charge in [-0.3, -0.25) is 0 Å². The van der Waals surface area contributed by atoms with Gasteiger partial charge in [-0.2, -0.15) is 0 Å². The first kappa shape index (κ1) is 43.2. The zero-order valence-corrected chi connectivity index (χ0v) is 11.6. The zero-order valence-electron chi connectivity index (χ0n) is 6.33. The summed E-state index contributed by atoms with van der Waals surface area (Å²) in [5.74, 6) is 0. The van der Waals surface area contributed by atoms with Crippen LogP contribution in [0.5, 0.6) is 0 Å². The third kappa shape index (κ3) is 1540. The van der Waals surface area contributed by atoms with Crippen LogP contribution in [-0.2, 0) is 13.4 Å². The van der Waals surface area contributed by atoms with Gasteiger partial charge in [-0.25, -0.2) is 0 Å². The monoisotopic (exact) mass is 334 g/mol. The average molecular weight is 335 g/mol. The third-order valence-electron chi connectivity index (χ3n) is 0. The van der Waals surface area contributed by atoms with Crippen molar-refractivity contribution in [3.8, 4) is 0 Å². The Morgan fingerprint density at radius 1 is 0.500 bits per heavy atom. The molecule has 0 N–H and O–H groups in total. The molecule has 16 heavy (non-hydrogen) atoms. The second kappa shape index (κ2) is 36.0. The molecule has 0 saturated carbocycles. The summed E-state index contributed by atoms with van der Waals surface area (Å²) in [4.78, 5) is 51.1. The van der Waals surface area contributed by atoms with Crippen LogP contribution in [0.2, 0.25) is 0 Å². The Balaban J connectivity index is -0.0000000135. The van der Waals surface area contributed by atoms with E-state index >= 15 is 0 Å². The topological polar surface area (TPSA) is 190 Å². The normalized spacial score (nSPS) is 4.50. The second-order valence-electron chi connectivity index (χ2n) is 0.750. The van der Waals surface area contributed by atoms with Gasteiger partial charge in [0.05, 0.1) is 0 Å². The van der Waals surface area contributed by atoms with E-state index in [9.17, 15) is 0 Å². The van der Waals surface area contributed by atoms with Gasteiger partial charge in [-0.05, 0) is 0 Å². The summed E-state index contributed by atoms with van der Waals surface area (Å²) in [6.45, 7) is 0. The molecule has 0 rings (SSSR count). The third-order valence-corrected chi connectivity index (χ3v) is 0. The van der Waals surface area contributed by atoms with E-state index in [1.807, 2.05) is 0 Å². The number of hydrogen-bond donors (Lipinski definition) is 0. The predicted molar refractivity (Wildman–Crippen MR) is 47.9 cm³/mol. The quantitative estimate of drug-likeness (QED) is 0.387. The summed E-state index contributed by atoms with van der Waals surface area (Å²) in [5.41, 5.74) is 0. The molecular formula is H4Al2Mg2O9Si3. The van der Waals surface area contributed by atoms with Crippen molar-refractivity contribution < 1.29 is 42.2 Å². The molecule has 0 spiro atoms. The van der Waals surface area contributed by atoms with Gasteiger partial charge in [0, 0.05) is 27.5 Å². The first-order chi connectivity index (χ1) is 5.20. The van der Waals surface area contributed by atoms with E-state index in [2.05, 4.69) is 0 Å². The van der Waals surface area contributed by atoms with Crippen molar-refractivity contribution in [1.82, 2.24) is 0 Å². The summed E-state index contributed by atoms with van der Waals surface area (Å²) in [6.07, 6.45) is 0. The standard InChI is InChI=1S/2Al.2Mg.3O3Si.4H/c;;;;3*1-4(2)3;;;;/q2*+3;;;3*-2;;;;. The molecule has 80 valence electrons.